The molecule has 0 saturated carbocycles. The molecule has 0 radical (unpaired) electrons. The van der Waals surface area contributed by atoms with Crippen LogP contribution >= 0.6 is 0 Å². The van der Waals surface area contributed by atoms with Crippen LogP contribution in [-0.4, -0.2) is 63.0 Å². The molecule has 4 aromatic rings. The minimum atomic E-state index is 0.0306. The Bertz CT molecular complexity index is 1650. The fourth-order valence-electron chi connectivity index (χ4n) is 5.41. The standard InChI is InChI=1S/C35H40N6O3/c1-6-7-20-43-34-25(2)10-8-11-30(34)35(42)40-18-16-39(17-19-40)24-29-22-38-27(4)41(29)23-28-13-14-31(36-5)33(21-28)44-32-12-9-15-37-26(32)3/h8-15,21-22H,6-7,16-20,23-24H2,1-4H3. The fraction of sp³-hybridized carbons (Fsp3) is 0.371. The van der Waals surface area contributed by atoms with Gasteiger partial charge in [0, 0.05) is 51.7 Å². The second-order valence-electron chi connectivity index (χ2n) is 11.2. The summed E-state index contributed by atoms with van der Waals surface area (Å²) in [6, 6.07) is 15.2. The van der Waals surface area contributed by atoms with Gasteiger partial charge in [0.05, 0.1) is 30.1 Å². The van der Waals surface area contributed by atoms with Crippen LogP contribution in [0.3, 0.4) is 0 Å². The Labute approximate surface area is 259 Å². The van der Waals surface area contributed by atoms with E-state index in [1.165, 1.54) is 0 Å². The van der Waals surface area contributed by atoms with Crippen LogP contribution < -0.4 is 9.47 Å². The van der Waals surface area contributed by atoms with Crippen LogP contribution in [0.5, 0.6) is 17.2 Å². The van der Waals surface area contributed by atoms with Gasteiger partial charge in [0.2, 0.25) is 5.69 Å². The van der Waals surface area contributed by atoms with Crippen molar-refractivity contribution in [1.29, 1.82) is 0 Å². The van der Waals surface area contributed by atoms with Crippen molar-refractivity contribution in [2.24, 2.45) is 0 Å². The number of piperazine rings is 1. The third-order valence-corrected chi connectivity index (χ3v) is 8.03. The zero-order valence-electron chi connectivity index (χ0n) is 26.0. The Balaban J connectivity index is 1.24. The van der Waals surface area contributed by atoms with Gasteiger partial charge in [-0.1, -0.05) is 37.6 Å². The molecule has 1 aliphatic heterocycles. The third kappa shape index (κ3) is 7.09. The molecular weight excluding hydrogens is 552 g/mol. The molecule has 228 valence electrons. The second-order valence-corrected chi connectivity index (χ2v) is 11.2. The van der Waals surface area contributed by atoms with Crippen molar-refractivity contribution in [2.45, 2.75) is 53.6 Å². The van der Waals surface area contributed by atoms with Gasteiger partial charge in [-0.2, -0.15) is 0 Å². The van der Waals surface area contributed by atoms with E-state index in [2.05, 4.69) is 31.2 Å². The number of unbranched alkanes of at least 4 members (excludes halogenated alkanes) is 1. The van der Waals surface area contributed by atoms with Gasteiger partial charge in [-0.3, -0.25) is 14.7 Å². The van der Waals surface area contributed by atoms with Crippen LogP contribution in [0.2, 0.25) is 0 Å². The topological polar surface area (TPSA) is 77.1 Å². The molecule has 1 amide bonds. The number of nitrogens with zero attached hydrogens (tertiary/aromatic N) is 6. The SMILES string of the molecule is [C-]#[N+]c1ccc(Cn2c(CN3CCN(C(=O)c4cccc(C)c4OCCCC)CC3)cnc2C)cc1Oc1cccnc1C. The highest BCUT2D eigenvalue weighted by Gasteiger charge is 2.26. The number of amides is 1. The molecule has 2 aromatic carbocycles. The number of rotatable bonds is 11. The Morgan fingerprint density at radius 1 is 0.977 bits per heavy atom. The molecule has 1 aliphatic rings. The van der Waals surface area contributed by atoms with Crippen LogP contribution in [0.15, 0.2) is 60.9 Å². The van der Waals surface area contributed by atoms with Gasteiger partial charge in [-0.25, -0.2) is 9.83 Å². The number of carbonyl (C=O) groups excluding carboxylic acids is 1. The van der Waals surface area contributed by atoms with E-state index in [4.69, 9.17) is 16.0 Å². The predicted octanol–water partition coefficient (Wildman–Crippen LogP) is 6.73. The van der Waals surface area contributed by atoms with E-state index < -0.39 is 0 Å². The molecule has 0 N–H and O–H groups in total. The molecule has 0 atom stereocenters. The Kier molecular flexibility index (Phi) is 9.93. The number of hydrogen-bond donors (Lipinski definition) is 0. The van der Waals surface area contributed by atoms with Crippen molar-refractivity contribution in [3.8, 4) is 17.2 Å². The van der Waals surface area contributed by atoms with Gasteiger partial charge in [-0.15, -0.1) is 0 Å². The first-order valence-electron chi connectivity index (χ1n) is 15.2. The quantitative estimate of drug-likeness (QED) is 0.142. The number of imidazole rings is 1. The zero-order valence-corrected chi connectivity index (χ0v) is 26.0. The van der Waals surface area contributed by atoms with Crippen molar-refractivity contribution in [3.63, 3.8) is 0 Å². The monoisotopic (exact) mass is 592 g/mol. The lowest BCUT2D eigenvalue weighted by atomic mass is 10.1. The first-order chi connectivity index (χ1) is 21.4. The minimum Gasteiger partial charge on any atom is -0.492 e. The van der Waals surface area contributed by atoms with E-state index in [0.29, 0.717) is 54.7 Å². The lowest BCUT2D eigenvalue weighted by Gasteiger charge is -2.35. The second kappa shape index (κ2) is 14.2. The van der Waals surface area contributed by atoms with Gasteiger partial charge in [0.1, 0.15) is 23.1 Å². The third-order valence-electron chi connectivity index (χ3n) is 8.03. The van der Waals surface area contributed by atoms with Gasteiger partial charge in [0.15, 0.2) is 0 Å². The summed E-state index contributed by atoms with van der Waals surface area (Å²) in [5, 5.41) is 0. The first-order valence-corrected chi connectivity index (χ1v) is 15.2. The summed E-state index contributed by atoms with van der Waals surface area (Å²) in [7, 11) is 0. The van der Waals surface area contributed by atoms with Crippen molar-refractivity contribution in [3.05, 3.63) is 106 Å². The average molecular weight is 593 g/mol. The molecule has 0 spiro atoms. The van der Waals surface area contributed by atoms with E-state index in [0.717, 1.165) is 60.8 Å². The highest BCUT2D eigenvalue weighted by molar-refractivity contribution is 5.97. The number of hydrogen-bond acceptors (Lipinski definition) is 6. The molecule has 0 bridgehead atoms. The predicted molar refractivity (Wildman–Crippen MR) is 171 cm³/mol. The molecule has 1 fully saturated rings. The summed E-state index contributed by atoms with van der Waals surface area (Å²) in [6.45, 7) is 20.4. The lowest BCUT2D eigenvalue weighted by Crippen LogP contribution is -2.48. The van der Waals surface area contributed by atoms with Crippen molar-refractivity contribution < 1.29 is 14.3 Å². The van der Waals surface area contributed by atoms with E-state index in [1.807, 2.05) is 74.3 Å². The molecule has 0 unspecified atom stereocenters. The van der Waals surface area contributed by atoms with Crippen LogP contribution in [0, 0.1) is 27.3 Å². The number of aromatic nitrogens is 3. The molecule has 9 nitrogen and oxygen atoms in total. The van der Waals surface area contributed by atoms with Crippen molar-refractivity contribution >= 4 is 11.6 Å². The lowest BCUT2D eigenvalue weighted by molar-refractivity contribution is 0.0621. The highest BCUT2D eigenvalue weighted by atomic mass is 16.5. The van der Waals surface area contributed by atoms with E-state index in [-0.39, 0.29) is 5.91 Å². The number of ether oxygens (including phenoxy) is 2. The summed E-state index contributed by atoms with van der Waals surface area (Å²) in [6.07, 6.45) is 5.66. The number of para-hydroxylation sites is 1. The van der Waals surface area contributed by atoms with Gasteiger partial charge in [0.25, 0.3) is 5.91 Å². The van der Waals surface area contributed by atoms with E-state index in [1.54, 1.807) is 12.3 Å². The molecule has 44 heavy (non-hydrogen) atoms. The Hall–Kier alpha value is -4.68. The molecule has 0 aliphatic carbocycles. The molecule has 5 rings (SSSR count). The van der Waals surface area contributed by atoms with Crippen LogP contribution in [0.25, 0.3) is 4.85 Å². The maximum atomic E-state index is 13.5. The van der Waals surface area contributed by atoms with Gasteiger partial charge in [-0.05, 0) is 62.6 Å². The van der Waals surface area contributed by atoms with Crippen molar-refractivity contribution in [1.82, 2.24) is 24.3 Å². The van der Waals surface area contributed by atoms with E-state index in [9.17, 15) is 4.79 Å². The molecule has 3 heterocycles. The minimum absolute atomic E-state index is 0.0306. The fourth-order valence-corrected chi connectivity index (χ4v) is 5.41. The largest absolute Gasteiger partial charge is 0.492 e. The summed E-state index contributed by atoms with van der Waals surface area (Å²) in [4.78, 5) is 30.4. The average Bonchev–Trinajstić information content (AvgIpc) is 3.37. The Morgan fingerprint density at radius 3 is 2.55 bits per heavy atom. The summed E-state index contributed by atoms with van der Waals surface area (Å²) < 4.78 is 14.4. The number of aryl methyl sites for hydroxylation is 3. The smallest absolute Gasteiger partial charge is 0.257 e. The van der Waals surface area contributed by atoms with Crippen LogP contribution in [0.1, 0.15) is 58.5 Å². The van der Waals surface area contributed by atoms with Gasteiger partial charge < -0.3 is 18.9 Å². The molecule has 9 heteroatoms. The van der Waals surface area contributed by atoms with Gasteiger partial charge >= 0.3 is 0 Å². The highest BCUT2D eigenvalue weighted by Crippen LogP contribution is 2.34. The normalized spacial score (nSPS) is 13.5. The van der Waals surface area contributed by atoms with E-state index >= 15 is 0 Å². The summed E-state index contributed by atoms with van der Waals surface area (Å²) >= 11 is 0. The Morgan fingerprint density at radius 2 is 1.80 bits per heavy atom. The number of pyridine rings is 1. The van der Waals surface area contributed by atoms with Crippen molar-refractivity contribution in [2.75, 3.05) is 32.8 Å². The van der Waals surface area contributed by atoms with Crippen LogP contribution in [-0.2, 0) is 13.1 Å². The van der Waals surface area contributed by atoms with Crippen LogP contribution in [0.4, 0.5) is 5.69 Å². The maximum Gasteiger partial charge on any atom is 0.257 e. The molecule has 2 aromatic heterocycles. The summed E-state index contributed by atoms with van der Waals surface area (Å²) in [5.74, 6) is 2.81. The molecular formula is C35H40N6O3. The molecule has 1 saturated heterocycles. The summed E-state index contributed by atoms with van der Waals surface area (Å²) in [5.41, 5.74) is 4.98. The zero-order chi connectivity index (χ0) is 31.1. The first kappa shape index (κ1) is 30.8. The number of carbonyl (C=O) groups is 1. The number of benzene rings is 2. The maximum absolute atomic E-state index is 13.5.